The summed E-state index contributed by atoms with van der Waals surface area (Å²) >= 11 is 0. The van der Waals surface area contributed by atoms with Gasteiger partial charge in [-0.1, -0.05) is 30.3 Å². The molecule has 0 bridgehead atoms. The number of rotatable bonds is 5. The first-order valence-electron chi connectivity index (χ1n) is 9.29. The summed E-state index contributed by atoms with van der Waals surface area (Å²) in [6, 6.07) is 15.5. The van der Waals surface area contributed by atoms with Crippen molar-refractivity contribution in [2.45, 2.75) is 33.9 Å². The molecule has 0 saturated heterocycles. The van der Waals surface area contributed by atoms with Crippen molar-refractivity contribution >= 4 is 5.96 Å². The monoisotopic (exact) mass is 379 g/mol. The molecule has 0 saturated carbocycles. The van der Waals surface area contributed by atoms with E-state index in [2.05, 4.69) is 38.9 Å². The van der Waals surface area contributed by atoms with Gasteiger partial charge in [-0.25, -0.2) is 9.07 Å². The second kappa shape index (κ2) is 8.69. The molecule has 3 aromatic rings. The van der Waals surface area contributed by atoms with Gasteiger partial charge in [0.05, 0.1) is 11.4 Å². The van der Waals surface area contributed by atoms with Crippen LogP contribution in [0.5, 0.6) is 0 Å². The number of para-hydroxylation sites is 1. The minimum absolute atomic E-state index is 0.193. The van der Waals surface area contributed by atoms with Crippen LogP contribution in [-0.4, -0.2) is 22.8 Å². The van der Waals surface area contributed by atoms with Crippen molar-refractivity contribution in [3.63, 3.8) is 0 Å². The lowest BCUT2D eigenvalue weighted by Crippen LogP contribution is -2.36. The topological polar surface area (TPSA) is 54.2 Å². The highest BCUT2D eigenvalue weighted by atomic mass is 19.1. The van der Waals surface area contributed by atoms with Crippen LogP contribution in [0.1, 0.15) is 28.1 Å². The van der Waals surface area contributed by atoms with Crippen LogP contribution in [0.15, 0.2) is 53.5 Å². The standard InChI is InChI=1S/C22H26FN5/c1-15-9-10-18(12-20(15)23)13-25-22(24-4)26-14-19-7-5-6-8-21(19)28-17(3)11-16(2)27-28/h5-12H,13-14H2,1-4H3,(H2,24,25,26). The molecule has 28 heavy (non-hydrogen) atoms. The van der Waals surface area contributed by atoms with Crippen LogP contribution in [0.25, 0.3) is 5.69 Å². The third kappa shape index (κ3) is 4.57. The molecule has 0 unspecified atom stereocenters. The largest absolute Gasteiger partial charge is 0.352 e. The molecule has 6 heteroatoms. The fourth-order valence-corrected chi connectivity index (χ4v) is 3.07. The van der Waals surface area contributed by atoms with E-state index in [0.29, 0.717) is 24.6 Å². The molecular formula is C22H26FN5. The zero-order valence-corrected chi connectivity index (χ0v) is 16.8. The maximum Gasteiger partial charge on any atom is 0.191 e. The average molecular weight is 379 g/mol. The first-order valence-corrected chi connectivity index (χ1v) is 9.29. The minimum Gasteiger partial charge on any atom is -0.352 e. The molecule has 0 amide bonds. The Balaban J connectivity index is 1.67. The van der Waals surface area contributed by atoms with Gasteiger partial charge in [-0.05, 0) is 55.7 Å². The van der Waals surface area contributed by atoms with Crippen LogP contribution < -0.4 is 10.6 Å². The third-order valence-electron chi connectivity index (χ3n) is 4.60. The fourth-order valence-electron chi connectivity index (χ4n) is 3.07. The molecule has 5 nitrogen and oxygen atoms in total. The molecule has 3 rings (SSSR count). The van der Waals surface area contributed by atoms with E-state index in [1.807, 2.05) is 36.7 Å². The summed E-state index contributed by atoms with van der Waals surface area (Å²) < 4.78 is 15.7. The summed E-state index contributed by atoms with van der Waals surface area (Å²) in [6.45, 7) is 6.88. The Morgan fingerprint density at radius 2 is 1.79 bits per heavy atom. The van der Waals surface area contributed by atoms with E-state index in [9.17, 15) is 4.39 Å². The van der Waals surface area contributed by atoms with Gasteiger partial charge in [0.25, 0.3) is 0 Å². The average Bonchev–Trinajstić information content (AvgIpc) is 3.03. The van der Waals surface area contributed by atoms with Crippen LogP contribution in [0.2, 0.25) is 0 Å². The minimum atomic E-state index is -0.193. The fraction of sp³-hybridized carbons (Fsp3) is 0.273. The highest BCUT2D eigenvalue weighted by Crippen LogP contribution is 2.17. The molecule has 0 fully saturated rings. The van der Waals surface area contributed by atoms with Gasteiger partial charge >= 0.3 is 0 Å². The van der Waals surface area contributed by atoms with E-state index < -0.39 is 0 Å². The lowest BCUT2D eigenvalue weighted by Gasteiger charge is -2.15. The predicted molar refractivity (Wildman–Crippen MR) is 111 cm³/mol. The van der Waals surface area contributed by atoms with Crippen LogP contribution in [0, 0.1) is 26.6 Å². The van der Waals surface area contributed by atoms with Gasteiger partial charge in [0.15, 0.2) is 5.96 Å². The van der Waals surface area contributed by atoms with Crippen molar-refractivity contribution in [3.8, 4) is 5.69 Å². The first-order chi connectivity index (χ1) is 13.5. The molecule has 0 atom stereocenters. The predicted octanol–water partition coefficient (Wildman–Crippen LogP) is 3.80. The summed E-state index contributed by atoms with van der Waals surface area (Å²) in [5, 5.41) is 11.1. The number of aliphatic imine (C=N–C) groups is 1. The first kappa shape index (κ1) is 19.6. The van der Waals surface area contributed by atoms with Gasteiger partial charge in [-0.3, -0.25) is 4.99 Å². The maximum atomic E-state index is 13.7. The lowest BCUT2D eigenvalue weighted by atomic mass is 10.1. The molecule has 0 aliphatic heterocycles. The Bertz CT molecular complexity index is 990. The highest BCUT2D eigenvalue weighted by molar-refractivity contribution is 5.79. The second-order valence-corrected chi connectivity index (χ2v) is 6.83. The Morgan fingerprint density at radius 1 is 1.04 bits per heavy atom. The molecule has 0 aliphatic carbocycles. The Morgan fingerprint density at radius 3 is 2.46 bits per heavy atom. The number of nitrogens with zero attached hydrogens (tertiary/aromatic N) is 3. The molecule has 146 valence electrons. The van der Waals surface area contributed by atoms with Gasteiger partial charge in [-0.15, -0.1) is 0 Å². The maximum absolute atomic E-state index is 13.7. The molecule has 2 N–H and O–H groups in total. The summed E-state index contributed by atoms with van der Waals surface area (Å²) in [7, 11) is 1.72. The quantitative estimate of drug-likeness (QED) is 0.524. The van der Waals surface area contributed by atoms with Crippen molar-refractivity contribution in [3.05, 3.63) is 82.4 Å². The number of nitrogens with one attached hydrogen (secondary N) is 2. The smallest absolute Gasteiger partial charge is 0.191 e. The van der Waals surface area contributed by atoms with Crippen molar-refractivity contribution < 1.29 is 4.39 Å². The van der Waals surface area contributed by atoms with Crippen molar-refractivity contribution in [2.24, 2.45) is 4.99 Å². The highest BCUT2D eigenvalue weighted by Gasteiger charge is 2.09. The van der Waals surface area contributed by atoms with E-state index in [-0.39, 0.29) is 5.82 Å². The van der Waals surface area contributed by atoms with Gasteiger partial charge in [0.1, 0.15) is 5.82 Å². The number of hydrogen-bond acceptors (Lipinski definition) is 2. The van der Waals surface area contributed by atoms with Crippen LogP contribution in [0.3, 0.4) is 0 Å². The normalized spacial score (nSPS) is 11.5. The number of hydrogen-bond donors (Lipinski definition) is 2. The van der Waals surface area contributed by atoms with Crippen molar-refractivity contribution in [2.75, 3.05) is 7.05 Å². The number of halogens is 1. The van der Waals surface area contributed by atoms with Gasteiger partial charge < -0.3 is 10.6 Å². The van der Waals surface area contributed by atoms with Crippen LogP contribution >= 0.6 is 0 Å². The summed E-state index contributed by atoms with van der Waals surface area (Å²) in [5.41, 5.74) is 5.74. The van der Waals surface area contributed by atoms with Gasteiger partial charge in [0.2, 0.25) is 0 Å². The van der Waals surface area contributed by atoms with E-state index in [0.717, 1.165) is 28.2 Å². The van der Waals surface area contributed by atoms with E-state index >= 15 is 0 Å². The third-order valence-corrected chi connectivity index (χ3v) is 4.60. The van der Waals surface area contributed by atoms with E-state index in [1.165, 1.54) is 0 Å². The van der Waals surface area contributed by atoms with Crippen molar-refractivity contribution in [1.82, 2.24) is 20.4 Å². The lowest BCUT2D eigenvalue weighted by molar-refractivity contribution is 0.615. The van der Waals surface area contributed by atoms with E-state index in [1.54, 1.807) is 26.1 Å². The second-order valence-electron chi connectivity index (χ2n) is 6.83. The summed E-state index contributed by atoms with van der Waals surface area (Å²) in [4.78, 5) is 4.26. The number of aromatic nitrogens is 2. The van der Waals surface area contributed by atoms with Gasteiger partial charge in [-0.2, -0.15) is 5.10 Å². The number of aryl methyl sites for hydroxylation is 3. The van der Waals surface area contributed by atoms with Crippen LogP contribution in [-0.2, 0) is 13.1 Å². The summed E-state index contributed by atoms with van der Waals surface area (Å²) in [5.74, 6) is 0.463. The number of guanidine groups is 1. The molecule has 1 heterocycles. The van der Waals surface area contributed by atoms with Gasteiger partial charge in [0, 0.05) is 25.8 Å². The molecule has 1 aromatic heterocycles. The Kier molecular flexibility index (Phi) is 6.09. The number of benzene rings is 2. The molecular weight excluding hydrogens is 353 g/mol. The molecule has 0 radical (unpaired) electrons. The van der Waals surface area contributed by atoms with Crippen molar-refractivity contribution in [1.29, 1.82) is 0 Å². The molecule has 2 aromatic carbocycles. The van der Waals surface area contributed by atoms with E-state index in [4.69, 9.17) is 0 Å². The Hall–Kier alpha value is -3.15. The summed E-state index contributed by atoms with van der Waals surface area (Å²) in [6.07, 6.45) is 0. The SMILES string of the molecule is CN=C(NCc1ccc(C)c(F)c1)NCc1ccccc1-n1nc(C)cc1C. The molecule has 0 aliphatic rings. The molecule has 0 spiro atoms. The zero-order chi connectivity index (χ0) is 20.1. The Labute approximate surface area is 165 Å². The zero-order valence-electron chi connectivity index (χ0n) is 16.8. The van der Waals surface area contributed by atoms with Crippen LogP contribution in [0.4, 0.5) is 4.39 Å².